The highest BCUT2D eigenvalue weighted by Gasteiger charge is 2.08. The Bertz CT molecular complexity index is 1170. The highest BCUT2D eigenvalue weighted by atomic mass is 15.0. The second-order valence-corrected chi connectivity index (χ2v) is 6.77. The van der Waals surface area contributed by atoms with Crippen LogP contribution in [0.4, 0.5) is 0 Å². The number of pyridine rings is 3. The molecule has 0 aliphatic rings. The van der Waals surface area contributed by atoms with E-state index in [9.17, 15) is 0 Å². The van der Waals surface area contributed by atoms with Crippen LogP contribution in [-0.2, 0) is 12.8 Å². The van der Waals surface area contributed by atoms with E-state index in [1.165, 1.54) is 5.56 Å². The molecule has 4 heterocycles. The number of fused-ring (bicyclic) bond motifs is 2. The zero-order valence-corrected chi connectivity index (χ0v) is 15.7. The summed E-state index contributed by atoms with van der Waals surface area (Å²) >= 11 is 0. The van der Waals surface area contributed by atoms with Gasteiger partial charge in [0.2, 0.25) is 0 Å². The van der Waals surface area contributed by atoms with Crippen LogP contribution in [0, 0.1) is 13.8 Å². The normalized spacial score (nSPS) is 11.6. The number of imidazole rings is 1. The van der Waals surface area contributed by atoms with Crippen molar-refractivity contribution in [3.05, 3.63) is 89.7 Å². The molecule has 0 spiro atoms. The molecule has 4 aromatic rings. The highest BCUT2D eigenvalue weighted by Crippen LogP contribution is 2.19. The first-order valence-corrected chi connectivity index (χ1v) is 9.13. The number of hydrogen-bond donors (Lipinski definition) is 0. The second kappa shape index (κ2) is 7.16. The Balaban J connectivity index is 1.60. The third kappa shape index (κ3) is 3.51. The van der Waals surface area contributed by atoms with Crippen LogP contribution in [0.2, 0.25) is 0 Å². The van der Waals surface area contributed by atoms with Gasteiger partial charge in [-0.25, -0.2) is 15.0 Å². The zero-order valence-electron chi connectivity index (χ0n) is 15.7. The van der Waals surface area contributed by atoms with Gasteiger partial charge in [0.25, 0.3) is 0 Å². The van der Waals surface area contributed by atoms with Crippen LogP contribution in [0.3, 0.4) is 0 Å². The summed E-state index contributed by atoms with van der Waals surface area (Å²) in [5.74, 6) is 0. The molecule has 4 heteroatoms. The van der Waals surface area contributed by atoms with Crippen molar-refractivity contribution in [2.75, 3.05) is 0 Å². The highest BCUT2D eigenvalue weighted by molar-refractivity contribution is 5.74. The molecule has 0 N–H and O–H groups in total. The van der Waals surface area contributed by atoms with Gasteiger partial charge in [-0.3, -0.25) is 0 Å². The number of hydrogen-bond acceptors (Lipinski definition) is 3. The molecule has 0 bridgehead atoms. The molecule has 0 saturated heterocycles. The van der Waals surface area contributed by atoms with E-state index in [0.29, 0.717) is 0 Å². The SMILES string of the molecule is C=C/C=C\c1c(C)ccn2cc(CCc3ccc4ccc(C)nc4n3)nc12. The van der Waals surface area contributed by atoms with Gasteiger partial charge in [-0.1, -0.05) is 24.8 Å². The van der Waals surface area contributed by atoms with Crippen LogP contribution in [0.25, 0.3) is 22.8 Å². The molecule has 0 atom stereocenters. The monoisotopic (exact) mass is 354 g/mol. The first-order valence-electron chi connectivity index (χ1n) is 9.13. The van der Waals surface area contributed by atoms with Crippen LogP contribution in [-0.4, -0.2) is 19.4 Å². The van der Waals surface area contributed by atoms with Crippen LogP contribution in [0.1, 0.15) is 28.2 Å². The van der Waals surface area contributed by atoms with Crippen LogP contribution >= 0.6 is 0 Å². The molecule has 4 rings (SSSR count). The van der Waals surface area contributed by atoms with E-state index in [4.69, 9.17) is 9.97 Å². The van der Waals surface area contributed by atoms with E-state index < -0.39 is 0 Å². The molecule has 27 heavy (non-hydrogen) atoms. The summed E-state index contributed by atoms with van der Waals surface area (Å²) in [6.07, 6.45) is 11.6. The minimum Gasteiger partial charge on any atom is -0.306 e. The summed E-state index contributed by atoms with van der Waals surface area (Å²) < 4.78 is 2.09. The summed E-state index contributed by atoms with van der Waals surface area (Å²) in [5, 5.41) is 1.08. The van der Waals surface area contributed by atoms with Crippen molar-refractivity contribution in [1.29, 1.82) is 0 Å². The standard InChI is InChI=1S/C23H22N4/c1-4-5-6-21-16(2)13-14-27-15-20(26-23(21)27)12-11-19-10-9-18-8-7-17(3)24-22(18)25-19/h4-10,13-15H,1,11-12H2,2-3H3/b6-5-. The molecule has 0 aromatic carbocycles. The van der Waals surface area contributed by atoms with Crippen molar-refractivity contribution in [3.63, 3.8) is 0 Å². The van der Waals surface area contributed by atoms with Crippen LogP contribution in [0.15, 0.2) is 61.5 Å². The van der Waals surface area contributed by atoms with Gasteiger partial charge in [-0.2, -0.15) is 0 Å². The third-order valence-corrected chi connectivity index (χ3v) is 4.72. The molecule has 0 aliphatic carbocycles. The summed E-state index contributed by atoms with van der Waals surface area (Å²) in [6.45, 7) is 7.85. The van der Waals surface area contributed by atoms with Gasteiger partial charge < -0.3 is 4.40 Å². The zero-order chi connectivity index (χ0) is 18.8. The molecule has 0 radical (unpaired) electrons. The smallest absolute Gasteiger partial charge is 0.159 e. The number of aromatic nitrogens is 4. The average molecular weight is 354 g/mol. The first-order chi connectivity index (χ1) is 13.1. The molecular formula is C23H22N4. The van der Waals surface area contributed by atoms with Crippen molar-refractivity contribution < 1.29 is 0 Å². The number of aryl methyl sites for hydroxylation is 4. The van der Waals surface area contributed by atoms with Gasteiger partial charge in [-0.05, 0) is 62.6 Å². The molecule has 0 unspecified atom stereocenters. The van der Waals surface area contributed by atoms with Gasteiger partial charge in [0, 0.05) is 34.7 Å². The third-order valence-electron chi connectivity index (χ3n) is 4.72. The molecule has 4 nitrogen and oxygen atoms in total. The molecule has 134 valence electrons. The van der Waals surface area contributed by atoms with E-state index in [-0.39, 0.29) is 0 Å². The van der Waals surface area contributed by atoms with E-state index in [1.54, 1.807) is 6.08 Å². The quantitative estimate of drug-likeness (QED) is 0.480. The van der Waals surface area contributed by atoms with Crippen LogP contribution in [0.5, 0.6) is 0 Å². The van der Waals surface area contributed by atoms with Gasteiger partial charge in [0.15, 0.2) is 5.65 Å². The second-order valence-electron chi connectivity index (χ2n) is 6.77. The van der Waals surface area contributed by atoms with Crippen molar-refractivity contribution in [3.8, 4) is 0 Å². The largest absolute Gasteiger partial charge is 0.306 e. The van der Waals surface area contributed by atoms with E-state index >= 15 is 0 Å². The lowest BCUT2D eigenvalue weighted by Gasteiger charge is -2.02. The fourth-order valence-electron chi connectivity index (χ4n) is 3.23. The predicted octanol–water partition coefficient (Wildman–Crippen LogP) is 4.88. The lowest BCUT2D eigenvalue weighted by Crippen LogP contribution is -1.96. The topological polar surface area (TPSA) is 43.1 Å². The fourth-order valence-corrected chi connectivity index (χ4v) is 3.23. The maximum Gasteiger partial charge on any atom is 0.159 e. The minimum absolute atomic E-state index is 0.815. The summed E-state index contributed by atoms with van der Waals surface area (Å²) in [7, 11) is 0. The average Bonchev–Trinajstić information content (AvgIpc) is 3.08. The molecule has 4 aromatic heterocycles. The van der Waals surface area contributed by atoms with E-state index in [0.717, 1.165) is 52.2 Å². The Labute approximate surface area is 158 Å². The fraction of sp³-hybridized carbons (Fsp3) is 0.174. The Morgan fingerprint density at radius 1 is 0.963 bits per heavy atom. The van der Waals surface area contributed by atoms with Gasteiger partial charge >= 0.3 is 0 Å². The number of nitrogens with zero attached hydrogens (tertiary/aromatic N) is 4. The van der Waals surface area contributed by atoms with Crippen molar-refractivity contribution in [2.24, 2.45) is 0 Å². The Morgan fingerprint density at radius 3 is 2.63 bits per heavy atom. The number of rotatable bonds is 5. The first kappa shape index (κ1) is 17.2. The molecule has 0 aliphatic heterocycles. The Hall–Kier alpha value is -3.27. The van der Waals surface area contributed by atoms with Crippen LogP contribution < -0.4 is 0 Å². The lowest BCUT2D eigenvalue weighted by atomic mass is 10.1. The maximum atomic E-state index is 4.85. The Kier molecular flexibility index (Phi) is 4.55. The lowest BCUT2D eigenvalue weighted by molar-refractivity contribution is 0.894. The maximum absolute atomic E-state index is 4.85. The van der Waals surface area contributed by atoms with Crippen molar-refractivity contribution >= 4 is 22.8 Å². The van der Waals surface area contributed by atoms with E-state index in [2.05, 4.69) is 65.6 Å². The Morgan fingerprint density at radius 2 is 1.78 bits per heavy atom. The van der Waals surface area contributed by atoms with E-state index in [1.807, 2.05) is 19.1 Å². The summed E-state index contributed by atoms with van der Waals surface area (Å²) in [6, 6.07) is 10.4. The molecule has 0 fully saturated rings. The van der Waals surface area contributed by atoms with Gasteiger partial charge in [0.1, 0.15) is 5.65 Å². The summed E-state index contributed by atoms with van der Waals surface area (Å²) in [5.41, 5.74) is 7.22. The summed E-state index contributed by atoms with van der Waals surface area (Å²) in [4.78, 5) is 14.1. The molecule has 0 saturated carbocycles. The molecule has 0 amide bonds. The minimum atomic E-state index is 0.815. The van der Waals surface area contributed by atoms with Crippen molar-refractivity contribution in [2.45, 2.75) is 26.7 Å². The van der Waals surface area contributed by atoms with Gasteiger partial charge in [0.05, 0.1) is 5.69 Å². The van der Waals surface area contributed by atoms with Crippen molar-refractivity contribution in [1.82, 2.24) is 19.4 Å². The molecular weight excluding hydrogens is 332 g/mol. The van der Waals surface area contributed by atoms with Gasteiger partial charge in [-0.15, -0.1) is 0 Å². The number of allylic oxidation sites excluding steroid dienone is 2. The predicted molar refractivity (Wildman–Crippen MR) is 111 cm³/mol.